The Kier molecular flexibility index (Phi) is 21.9. The first kappa shape index (κ1) is 22.5. The van der Waals surface area contributed by atoms with Gasteiger partial charge in [0.05, 0.1) is 0 Å². The molecule has 0 aromatic heterocycles. The van der Waals surface area contributed by atoms with Gasteiger partial charge in [-0.15, -0.1) is 6.58 Å². The smallest absolute Gasteiger partial charge is 0.000473 e. The van der Waals surface area contributed by atoms with Gasteiger partial charge in [-0.05, 0) is 23.7 Å². The minimum Gasteiger partial charge on any atom is -0.103 e. The lowest BCUT2D eigenvalue weighted by molar-refractivity contribution is 0.528. The zero-order valence-electron chi connectivity index (χ0n) is 15.1. The van der Waals surface area contributed by atoms with E-state index >= 15 is 0 Å². The van der Waals surface area contributed by atoms with Gasteiger partial charge in [-0.25, -0.2) is 0 Å². The maximum atomic E-state index is 3.77. The summed E-state index contributed by atoms with van der Waals surface area (Å²) in [4.78, 5) is 0. The molecule has 0 amide bonds. The highest BCUT2D eigenvalue weighted by Gasteiger charge is 1.94. The lowest BCUT2D eigenvalue weighted by Crippen LogP contribution is -1.84. The summed E-state index contributed by atoms with van der Waals surface area (Å²) in [5, 5.41) is 0. The highest BCUT2D eigenvalue weighted by Crippen LogP contribution is 2.14. The molecule has 0 nitrogen and oxygen atoms in total. The van der Waals surface area contributed by atoms with Crippen LogP contribution in [0, 0.1) is 0 Å². The Balaban J connectivity index is 2.92. The van der Waals surface area contributed by atoms with Gasteiger partial charge in [0.2, 0.25) is 0 Å². The lowest BCUT2D eigenvalue weighted by Gasteiger charge is -2.03. The molecular formula is C21H41I. The number of hydrogen-bond donors (Lipinski definition) is 0. The Morgan fingerprint density at radius 2 is 0.727 bits per heavy atom. The second-order valence-corrected chi connectivity index (χ2v) is 7.86. The first-order chi connectivity index (χ1) is 10.9. The van der Waals surface area contributed by atoms with E-state index < -0.39 is 0 Å². The standard InChI is InChI=1S/C21H41I/c1-2-3-4-5-6-7-8-9-10-11-12-13-14-15-16-17-18-19-20-21-22/h2H,1,3-21H2. The van der Waals surface area contributed by atoms with Crippen LogP contribution in [0.3, 0.4) is 0 Å². The second-order valence-electron chi connectivity index (χ2n) is 6.78. The number of halogens is 1. The fraction of sp³-hybridized carbons (Fsp3) is 0.905. The van der Waals surface area contributed by atoms with Crippen molar-refractivity contribution < 1.29 is 0 Å². The monoisotopic (exact) mass is 420 g/mol. The summed E-state index contributed by atoms with van der Waals surface area (Å²) < 4.78 is 1.34. The van der Waals surface area contributed by atoms with Crippen molar-refractivity contribution >= 4 is 22.6 Å². The number of rotatable bonds is 19. The van der Waals surface area contributed by atoms with Gasteiger partial charge in [0, 0.05) is 0 Å². The van der Waals surface area contributed by atoms with Crippen LogP contribution in [-0.2, 0) is 0 Å². The van der Waals surface area contributed by atoms with Crippen LogP contribution in [0.2, 0.25) is 0 Å². The maximum Gasteiger partial charge on any atom is -0.000473 e. The molecule has 0 unspecified atom stereocenters. The molecule has 0 spiro atoms. The van der Waals surface area contributed by atoms with Gasteiger partial charge in [0.15, 0.2) is 0 Å². The van der Waals surface area contributed by atoms with E-state index in [9.17, 15) is 0 Å². The fourth-order valence-corrected chi connectivity index (χ4v) is 3.57. The molecule has 0 rings (SSSR count). The molecule has 0 saturated heterocycles. The van der Waals surface area contributed by atoms with Crippen molar-refractivity contribution in [1.29, 1.82) is 0 Å². The topological polar surface area (TPSA) is 0 Å². The number of unbranched alkanes of at least 4 members (excludes halogenated alkanes) is 17. The molecule has 0 radical (unpaired) electrons. The fourth-order valence-electron chi connectivity index (χ4n) is 3.03. The third kappa shape index (κ3) is 20.5. The van der Waals surface area contributed by atoms with E-state index in [1.54, 1.807) is 0 Å². The van der Waals surface area contributed by atoms with Crippen LogP contribution in [0.25, 0.3) is 0 Å². The van der Waals surface area contributed by atoms with Crippen molar-refractivity contribution in [1.82, 2.24) is 0 Å². The highest BCUT2D eigenvalue weighted by molar-refractivity contribution is 14.1. The van der Waals surface area contributed by atoms with Crippen LogP contribution in [0.15, 0.2) is 12.7 Å². The molecule has 132 valence electrons. The van der Waals surface area contributed by atoms with Crippen LogP contribution in [0.4, 0.5) is 0 Å². The first-order valence-corrected chi connectivity index (χ1v) is 11.6. The number of hydrogen-bond acceptors (Lipinski definition) is 0. The zero-order valence-corrected chi connectivity index (χ0v) is 17.3. The summed E-state index contributed by atoms with van der Waals surface area (Å²) in [5.74, 6) is 0. The summed E-state index contributed by atoms with van der Waals surface area (Å²) in [7, 11) is 0. The van der Waals surface area contributed by atoms with Gasteiger partial charge in [-0.1, -0.05) is 125 Å². The van der Waals surface area contributed by atoms with Gasteiger partial charge in [-0.3, -0.25) is 0 Å². The Hall–Kier alpha value is 0.470. The molecule has 0 aromatic carbocycles. The molecule has 0 fully saturated rings. The molecule has 0 aliphatic heterocycles. The van der Waals surface area contributed by atoms with E-state index in [0.717, 1.165) is 0 Å². The van der Waals surface area contributed by atoms with Crippen LogP contribution in [0.1, 0.15) is 116 Å². The van der Waals surface area contributed by atoms with E-state index in [0.29, 0.717) is 0 Å². The minimum absolute atomic E-state index is 1.21. The maximum absolute atomic E-state index is 3.77. The Morgan fingerprint density at radius 3 is 1.00 bits per heavy atom. The van der Waals surface area contributed by atoms with E-state index in [1.165, 1.54) is 120 Å². The van der Waals surface area contributed by atoms with Gasteiger partial charge >= 0.3 is 0 Å². The molecule has 0 bridgehead atoms. The van der Waals surface area contributed by atoms with Crippen LogP contribution >= 0.6 is 22.6 Å². The van der Waals surface area contributed by atoms with Gasteiger partial charge < -0.3 is 0 Å². The summed E-state index contributed by atoms with van der Waals surface area (Å²) in [6.45, 7) is 3.77. The predicted octanol–water partition coefficient (Wildman–Crippen LogP) is 8.63. The quantitative estimate of drug-likeness (QED) is 0.0849. The third-order valence-corrected chi connectivity index (χ3v) is 5.30. The molecule has 0 aliphatic rings. The zero-order chi connectivity index (χ0) is 16.1. The van der Waals surface area contributed by atoms with E-state index in [2.05, 4.69) is 29.2 Å². The molecule has 22 heavy (non-hydrogen) atoms. The molecule has 0 saturated carbocycles. The van der Waals surface area contributed by atoms with Crippen LogP contribution in [0.5, 0.6) is 0 Å². The Labute approximate surface area is 155 Å². The minimum atomic E-state index is 1.21. The lowest BCUT2D eigenvalue weighted by atomic mass is 10.0. The normalized spacial score (nSPS) is 11.0. The number of allylic oxidation sites excluding steroid dienone is 1. The average Bonchev–Trinajstić information content (AvgIpc) is 2.54. The van der Waals surface area contributed by atoms with Gasteiger partial charge in [-0.2, -0.15) is 0 Å². The second kappa shape index (κ2) is 21.5. The molecule has 0 N–H and O–H groups in total. The van der Waals surface area contributed by atoms with Crippen LogP contribution < -0.4 is 0 Å². The first-order valence-electron chi connectivity index (χ1n) is 10.1. The SMILES string of the molecule is C=CCCCCCCCCCCCCCCCCCCCI. The Morgan fingerprint density at radius 1 is 0.455 bits per heavy atom. The molecule has 1 heteroatoms. The summed E-state index contributed by atoms with van der Waals surface area (Å²) in [6, 6.07) is 0. The summed E-state index contributed by atoms with van der Waals surface area (Å²) >= 11 is 2.49. The summed E-state index contributed by atoms with van der Waals surface area (Å²) in [6.07, 6.45) is 28.0. The number of alkyl halides is 1. The van der Waals surface area contributed by atoms with E-state index in [4.69, 9.17) is 0 Å². The molecular weight excluding hydrogens is 379 g/mol. The predicted molar refractivity (Wildman–Crippen MR) is 112 cm³/mol. The van der Waals surface area contributed by atoms with E-state index in [-0.39, 0.29) is 0 Å². The molecule has 0 atom stereocenters. The highest BCUT2D eigenvalue weighted by atomic mass is 127. The van der Waals surface area contributed by atoms with Crippen molar-refractivity contribution in [2.24, 2.45) is 0 Å². The van der Waals surface area contributed by atoms with Crippen molar-refractivity contribution in [3.05, 3.63) is 12.7 Å². The van der Waals surface area contributed by atoms with Crippen molar-refractivity contribution in [2.75, 3.05) is 4.43 Å². The van der Waals surface area contributed by atoms with Crippen molar-refractivity contribution in [2.45, 2.75) is 116 Å². The van der Waals surface area contributed by atoms with Crippen molar-refractivity contribution in [3.63, 3.8) is 0 Å². The van der Waals surface area contributed by atoms with E-state index in [1.807, 2.05) is 6.08 Å². The third-order valence-electron chi connectivity index (χ3n) is 4.54. The summed E-state index contributed by atoms with van der Waals surface area (Å²) in [5.41, 5.74) is 0. The average molecular weight is 420 g/mol. The molecule has 0 heterocycles. The van der Waals surface area contributed by atoms with Crippen LogP contribution in [-0.4, -0.2) is 4.43 Å². The molecule has 0 aliphatic carbocycles. The molecule has 0 aromatic rings. The van der Waals surface area contributed by atoms with Gasteiger partial charge in [0.1, 0.15) is 0 Å². The van der Waals surface area contributed by atoms with Crippen molar-refractivity contribution in [3.8, 4) is 0 Å². The Bertz CT molecular complexity index is 200. The largest absolute Gasteiger partial charge is 0.103 e. The van der Waals surface area contributed by atoms with Gasteiger partial charge in [0.25, 0.3) is 0 Å².